The summed E-state index contributed by atoms with van der Waals surface area (Å²) in [6, 6.07) is -1.42. The average molecular weight is 496 g/mol. The molecule has 0 amide bonds. The molecule has 2 fully saturated rings. The maximum absolute atomic E-state index is 15.6. The third-order valence-corrected chi connectivity index (χ3v) is 6.21. The highest BCUT2D eigenvalue weighted by Crippen LogP contribution is 2.47. The first-order valence-electron chi connectivity index (χ1n) is 10.5. The minimum absolute atomic E-state index is 0.0687. The summed E-state index contributed by atoms with van der Waals surface area (Å²) in [5, 5.41) is -0.675. The van der Waals surface area contributed by atoms with Gasteiger partial charge < -0.3 is 15.4 Å². The molecule has 2 aromatic rings. The number of alkyl halides is 5. The Hall–Kier alpha value is -2.74. The first-order chi connectivity index (χ1) is 15.9. The van der Waals surface area contributed by atoms with E-state index in [1.54, 1.807) is 0 Å². The Morgan fingerprint density at radius 1 is 1.21 bits per heavy atom. The fraction of sp³-hybridized carbons (Fsp3) is 0.600. The van der Waals surface area contributed by atoms with Crippen LogP contribution in [-0.4, -0.2) is 48.8 Å². The van der Waals surface area contributed by atoms with Gasteiger partial charge in [-0.3, -0.25) is 19.1 Å². The lowest BCUT2D eigenvalue weighted by molar-refractivity contribution is -0.326. The molecule has 1 aliphatic heterocycles. The Labute approximate surface area is 188 Å². The average Bonchev–Trinajstić information content (AvgIpc) is 3.46. The first-order valence-corrected chi connectivity index (χ1v) is 10.5. The fourth-order valence-electron chi connectivity index (χ4n) is 4.50. The van der Waals surface area contributed by atoms with Crippen molar-refractivity contribution in [2.75, 3.05) is 31.7 Å². The number of H-pyrrole nitrogens is 1. The molecule has 2 unspecified atom stereocenters. The van der Waals surface area contributed by atoms with E-state index in [-0.39, 0.29) is 36.8 Å². The van der Waals surface area contributed by atoms with Gasteiger partial charge in [-0.15, -0.1) is 13.2 Å². The number of benzene rings is 1. The number of nitrogens with zero attached hydrogens (tertiary/aromatic N) is 2. The Morgan fingerprint density at radius 3 is 2.44 bits per heavy atom. The van der Waals surface area contributed by atoms with E-state index in [9.17, 15) is 31.5 Å². The van der Waals surface area contributed by atoms with Crippen molar-refractivity contribution in [3.63, 3.8) is 0 Å². The zero-order valence-electron chi connectivity index (χ0n) is 17.9. The van der Waals surface area contributed by atoms with E-state index in [1.165, 1.54) is 4.90 Å². The van der Waals surface area contributed by atoms with Crippen LogP contribution in [0.4, 0.5) is 32.0 Å². The van der Waals surface area contributed by atoms with Crippen LogP contribution in [0.5, 0.6) is 5.75 Å². The molecule has 1 saturated heterocycles. The van der Waals surface area contributed by atoms with Crippen LogP contribution >= 0.6 is 0 Å². The van der Waals surface area contributed by atoms with Crippen LogP contribution in [0.3, 0.4) is 0 Å². The second kappa shape index (κ2) is 8.80. The van der Waals surface area contributed by atoms with Crippen LogP contribution in [-0.2, 0) is 4.74 Å². The van der Waals surface area contributed by atoms with Crippen molar-refractivity contribution >= 4 is 16.6 Å². The van der Waals surface area contributed by atoms with Crippen LogP contribution in [0.15, 0.2) is 9.59 Å². The van der Waals surface area contributed by atoms with E-state index in [0.29, 0.717) is 12.8 Å². The maximum Gasteiger partial charge on any atom is 0.522 e. The highest BCUT2D eigenvalue weighted by atomic mass is 19.4. The summed E-state index contributed by atoms with van der Waals surface area (Å²) in [6.07, 6.45) is -6.91. The van der Waals surface area contributed by atoms with Gasteiger partial charge in [-0.2, -0.15) is 0 Å². The summed E-state index contributed by atoms with van der Waals surface area (Å²) < 4.78 is 90.9. The summed E-state index contributed by atoms with van der Waals surface area (Å²) in [5.74, 6) is -2.23. The lowest BCUT2D eigenvalue weighted by atomic mass is 10.0. The van der Waals surface area contributed by atoms with Gasteiger partial charge in [-0.25, -0.2) is 18.0 Å². The zero-order valence-corrected chi connectivity index (χ0v) is 17.9. The highest BCUT2D eigenvalue weighted by Gasteiger charge is 2.39. The minimum atomic E-state index is -4.87. The summed E-state index contributed by atoms with van der Waals surface area (Å²) in [6.45, 7) is -0.818. The topological polar surface area (TPSA) is 103 Å². The van der Waals surface area contributed by atoms with Crippen LogP contribution in [0.25, 0.3) is 10.9 Å². The van der Waals surface area contributed by atoms with Crippen molar-refractivity contribution < 1.29 is 35.8 Å². The van der Waals surface area contributed by atoms with Gasteiger partial charge in [0.1, 0.15) is 11.2 Å². The molecule has 188 valence electrons. The number of hydrogen-bond donors (Lipinski definition) is 2. The van der Waals surface area contributed by atoms with Crippen molar-refractivity contribution in [3.8, 4) is 5.75 Å². The van der Waals surface area contributed by atoms with Crippen LogP contribution < -0.4 is 26.6 Å². The molecular formula is C20H22F6N4O4. The SMILES string of the molecule is COc1c(N2CCC(C(N)COC(F)(F)F)C2)c(F)c(C(F)F)c2c(=O)[nH]c(=O)n(C3CC3)c12. The summed E-state index contributed by atoms with van der Waals surface area (Å²) in [7, 11) is 1.15. The zero-order chi connectivity index (χ0) is 24.9. The van der Waals surface area contributed by atoms with Gasteiger partial charge in [0.25, 0.3) is 12.0 Å². The van der Waals surface area contributed by atoms with Crippen LogP contribution in [0.2, 0.25) is 0 Å². The molecule has 3 N–H and O–H groups in total. The third-order valence-electron chi connectivity index (χ3n) is 6.21. The molecule has 0 spiro atoms. The van der Waals surface area contributed by atoms with Gasteiger partial charge in [0.05, 0.1) is 24.7 Å². The molecule has 1 aromatic heterocycles. The molecule has 0 radical (unpaired) electrons. The summed E-state index contributed by atoms with van der Waals surface area (Å²) >= 11 is 0. The Balaban J connectivity index is 1.84. The van der Waals surface area contributed by atoms with E-state index >= 15 is 4.39 Å². The van der Waals surface area contributed by atoms with Gasteiger partial charge in [0, 0.05) is 25.2 Å². The van der Waals surface area contributed by atoms with E-state index in [4.69, 9.17) is 10.5 Å². The number of halogens is 6. The minimum Gasteiger partial charge on any atom is -0.492 e. The first kappa shape index (κ1) is 24.4. The molecule has 2 atom stereocenters. The number of ether oxygens (including phenoxy) is 2. The van der Waals surface area contributed by atoms with Crippen LogP contribution in [0, 0.1) is 11.7 Å². The van der Waals surface area contributed by atoms with Gasteiger partial charge >= 0.3 is 12.1 Å². The standard InChI is InChI=1S/C20H22F6N4O4/c1-33-16-14-12(18(31)28-19(32)30(14)9-2-3-9)11(17(22)23)13(21)15(16)29-5-4-8(6-29)10(27)7-34-20(24,25)26/h8-10,17H,2-7,27H2,1H3,(H,28,31,32). The number of methoxy groups -OCH3 is 1. The molecule has 0 bridgehead atoms. The Bertz CT molecular complexity index is 1210. The molecular weight excluding hydrogens is 474 g/mol. The molecule has 8 nitrogen and oxygen atoms in total. The number of rotatable bonds is 7. The third kappa shape index (κ3) is 4.35. The van der Waals surface area contributed by atoms with Crippen molar-refractivity contribution in [1.82, 2.24) is 9.55 Å². The van der Waals surface area contributed by atoms with Crippen molar-refractivity contribution in [3.05, 3.63) is 32.2 Å². The summed E-state index contributed by atoms with van der Waals surface area (Å²) in [5.41, 5.74) is 2.03. The normalized spacial score (nSPS) is 19.9. The second-order valence-corrected chi connectivity index (χ2v) is 8.41. The van der Waals surface area contributed by atoms with E-state index < -0.39 is 65.1 Å². The number of hydrogen-bond acceptors (Lipinski definition) is 6. The smallest absolute Gasteiger partial charge is 0.492 e. The molecule has 34 heavy (non-hydrogen) atoms. The second-order valence-electron chi connectivity index (χ2n) is 8.41. The van der Waals surface area contributed by atoms with Crippen LogP contribution in [0.1, 0.15) is 37.3 Å². The molecule has 1 saturated carbocycles. The number of fused-ring (bicyclic) bond motifs is 1. The van der Waals surface area contributed by atoms with Gasteiger partial charge in [0.2, 0.25) is 0 Å². The van der Waals surface area contributed by atoms with Crippen molar-refractivity contribution in [2.24, 2.45) is 11.7 Å². The predicted octanol–water partition coefficient (Wildman–Crippen LogP) is 2.80. The maximum atomic E-state index is 15.6. The molecule has 1 aliphatic carbocycles. The number of anilines is 1. The fourth-order valence-corrected chi connectivity index (χ4v) is 4.50. The lowest BCUT2D eigenvalue weighted by Gasteiger charge is -2.26. The monoisotopic (exact) mass is 496 g/mol. The van der Waals surface area contributed by atoms with Crippen molar-refractivity contribution in [1.29, 1.82) is 0 Å². The van der Waals surface area contributed by atoms with Crippen molar-refractivity contribution in [2.45, 2.75) is 44.1 Å². The number of aromatic nitrogens is 2. The Kier molecular flexibility index (Phi) is 6.31. The van der Waals surface area contributed by atoms with E-state index in [1.807, 2.05) is 4.98 Å². The highest BCUT2D eigenvalue weighted by molar-refractivity contribution is 5.94. The van der Waals surface area contributed by atoms with Gasteiger partial charge in [0.15, 0.2) is 11.6 Å². The molecule has 2 heterocycles. The van der Waals surface area contributed by atoms with Gasteiger partial charge in [-0.05, 0) is 25.2 Å². The quantitative estimate of drug-likeness (QED) is 0.572. The Morgan fingerprint density at radius 2 is 1.88 bits per heavy atom. The molecule has 4 rings (SSSR count). The van der Waals surface area contributed by atoms with Gasteiger partial charge in [-0.1, -0.05) is 0 Å². The number of nitrogens with one attached hydrogen (secondary N) is 1. The summed E-state index contributed by atoms with van der Waals surface area (Å²) in [4.78, 5) is 28.3. The molecule has 2 aliphatic rings. The lowest BCUT2D eigenvalue weighted by Crippen LogP contribution is -2.38. The molecule has 1 aromatic carbocycles. The predicted molar refractivity (Wildman–Crippen MR) is 109 cm³/mol. The molecule has 14 heteroatoms. The number of nitrogens with two attached hydrogens (primary N) is 1. The van der Waals surface area contributed by atoms with E-state index in [0.717, 1.165) is 11.7 Å². The largest absolute Gasteiger partial charge is 0.522 e. The number of aromatic amines is 1. The van der Waals surface area contributed by atoms with E-state index in [2.05, 4.69) is 4.74 Å².